The zero-order valence-corrected chi connectivity index (χ0v) is 17.8. The van der Waals surface area contributed by atoms with Crippen LogP contribution in [0.25, 0.3) is 0 Å². The van der Waals surface area contributed by atoms with Crippen LogP contribution in [0.1, 0.15) is 24.8 Å². The fraction of sp³-hybridized carbons (Fsp3) is 0.391. The van der Waals surface area contributed by atoms with Crippen molar-refractivity contribution in [3.05, 3.63) is 53.8 Å². The molecular formula is C23H28FN3O4. The number of ether oxygens (including phenoxy) is 2. The van der Waals surface area contributed by atoms with E-state index >= 15 is 0 Å². The van der Waals surface area contributed by atoms with Gasteiger partial charge in [0.2, 0.25) is 5.91 Å². The van der Waals surface area contributed by atoms with Gasteiger partial charge in [-0.15, -0.1) is 0 Å². The van der Waals surface area contributed by atoms with E-state index in [0.717, 1.165) is 12.8 Å². The number of hydrogen-bond acceptors (Lipinski definition) is 4. The van der Waals surface area contributed by atoms with Crippen LogP contribution in [-0.2, 0) is 11.3 Å². The maximum atomic E-state index is 13.7. The fourth-order valence-corrected chi connectivity index (χ4v) is 3.62. The molecule has 1 aliphatic rings. The minimum atomic E-state index is -0.324. The predicted octanol–water partition coefficient (Wildman–Crippen LogP) is 3.79. The number of halogens is 1. The molecule has 8 heteroatoms. The van der Waals surface area contributed by atoms with Crippen molar-refractivity contribution in [1.82, 2.24) is 10.2 Å². The van der Waals surface area contributed by atoms with Gasteiger partial charge in [0.25, 0.3) is 0 Å². The second-order valence-corrected chi connectivity index (χ2v) is 7.50. The number of benzene rings is 2. The van der Waals surface area contributed by atoms with E-state index in [1.807, 2.05) is 0 Å². The van der Waals surface area contributed by atoms with E-state index in [1.165, 1.54) is 6.07 Å². The molecule has 0 radical (unpaired) electrons. The second kappa shape index (κ2) is 10.7. The number of hydrogen-bond donors (Lipinski definition) is 2. The number of nitrogens with one attached hydrogen (secondary N) is 2. The van der Waals surface area contributed by atoms with E-state index in [1.54, 1.807) is 55.5 Å². The number of piperidine rings is 1. The standard InChI is InChI=1S/C23H28FN3O4/c1-30-18-7-8-21(31-2)20(14-18)26-23(29)27-11-9-16(10-12-27)13-22(28)25-15-17-5-3-4-6-19(17)24/h3-8,14,16H,9-13,15H2,1-2H3,(H,25,28)(H,26,29). The van der Waals surface area contributed by atoms with Gasteiger partial charge < -0.3 is 25.0 Å². The summed E-state index contributed by atoms with van der Waals surface area (Å²) in [5.74, 6) is 0.935. The molecule has 0 bridgehead atoms. The number of nitrogens with zero attached hydrogens (tertiary/aromatic N) is 1. The molecule has 0 atom stereocenters. The van der Waals surface area contributed by atoms with Gasteiger partial charge in [0.15, 0.2) is 0 Å². The quantitative estimate of drug-likeness (QED) is 0.702. The molecule has 31 heavy (non-hydrogen) atoms. The maximum absolute atomic E-state index is 13.7. The first-order valence-corrected chi connectivity index (χ1v) is 10.3. The van der Waals surface area contributed by atoms with Crippen LogP contribution in [-0.4, -0.2) is 44.1 Å². The molecule has 7 nitrogen and oxygen atoms in total. The number of anilines is 1. The van der Waals surface area contributed by atoms with Crippen molar-refractivity contribution < 1.29 is 23.5 Å². The Hall–Kier alpha value is -3.29. The van der Waals surface area contributed by atoms with Crippen LogP contribution in [0, 0.1) is 11.7 Å². The monoisotopic (exact) mass is 429 g/mol. The Morgan fingerprint density at radius 2 is 1.84 bits per heavy atom. The van der Waals surface area contributed by atoms with Crippen molar-refractivity contribution in [2.24, 2.45) is 5.92 Å². The fourth-order valence-electron chi connectivity index (χ4n) is 3.62. The average Bonchev–Trinajstić information content (AvgIpc) is 2.79. The number of rotatable bonds is 7. The number of urea groups is 1. The molecule has 2 aromatic rings. The number of likely N-dealkylation sites (tertiary alicyclic amines) is 1. The molecule has 1 saturated heterocycles. The minimum Gasteiger partial charge on any atom is -0.497 e. The first-order chi connectivity index (χ1) is 15.0. The Morgan fingerprint density at radius 3 is 2.52 bits per heavy atom. The largest absolute Gasteiger partial charge is 0.497 e. The highest BCUT2D eigenvalue weighted by Gasteiger charge is 2.25. The summed E-state index contributed by atoms with van der Waals surface area (Å²) in [5.41, 5.74) is 1.01. The summed E-state index contributed by atoms with van der Waals surface area (Å²) in [6, 6.07) is 11.4. The smallest absolute Gasteiger partial charge is 0.321 e. The van der Waals surface area contributed by atoms with Gasteiger partial charge in [0, 0.05) is 37.7 Å². The third-order valence-corrected chi connectivity index (χ3v) is 5.46. The number of carbonyl (C=O) groups excluding carboxylic acids is 2. The number of methoxy groups -OCH3 is 2. The lowest BCUT2D eigenvalue weighted by molar-refractivity contribution is -0.122. The van der Waals surface area contributed by atoms with Crippen LogP contribution in [0.2, 0.25) is 0 Å². The summed E-state index contributed by atoms with van der Waals surface area (Å²) >= 11 is 0. The van der Waals surface area contributed by atoms with Gasteiger partial charge >= 0.3 is 6.03 Å². The van der Waals surface area contributed by atoms with Crippen molar-refractivity contribution in [2.75, 3.05) is 32.6 Å². The van der Waals surface area contributed by atoms with Crippen molar-refractivity contribution in [2.45, 2.75) is 25.8 Å². The van der Waals surface area contributed by atoms with Gasteiger partial charge in [-0.05, 0) is 37.0 Å². The highest BCUT2D eigenvalue weighted by atomic mass is 19.1. The minimum absolute atomic E-state index is 0.104. The molecule has 0 spiro atoms. The molecule has 0 saturated carbocycles. The van der Waals surface area contributed by atoms with E-state index in [4.69, 9.17) is 9.47 Å². The van der Waals surface area contributed by atoms with E-state index in [0.29, 0.717) is 42.3 Å². The van der Waals surface area contributed by atoms with Crippen LogP contribution >= 0.6 is 0 Å². The Kier molecular flexibility index (Phi) is 7.70. The highest BCUT2D eigenvalue weighted by molar-refractivity contribution is 5.91. The summed E-state index contributed by atoms with van der Waals surface area (Å²) in [7, 11) is 3.10. The third-order valence-electron chi connectivity index (χ3n) is 5.46. The SMILES string of the molecule is COc1ccc(OC)c(NC(=O)N2CCC(CC(=O)NCc3ccccc3F)CC2)c1. The zero-order chi connectivity index (χ0) is 22.2. The van der Waals surface area contributed by atoms with Crippen LogP contribution in [0.5, 0.6) is 11.5 Å². The first kappa shape index (κ1) is 22.4. The molecule has 2 aromatic carbocycles. The van der Waals surface area contributed by atoms with Crippen molar-refractivity contribution in [3.8, 4) is 11.5 Å². The average molecular weight is 429 g/mol. The number of amides is 3. The van der Waals surface area contributed by atoms with Crippen molar-refractivity contribution >= 4 is 17.6 Å². The van der Waals surface area contributed by atoms with Gasteiger partial charge in [-0.25, -0.2) is 9.18 Å². The van der Waals surface area contributed by atoms with Crippen LogP contribution in [0.15, 0.2) is 42.5 Å². The summed E-state index contributed by atoms with van der Waals surface area (Å²) < 4.78 is 24.2. The molecule has 1 fully saturated rings. The van der Waals surface area contributed by atoms with Crippen molar-refractivity contribution in [1.29, 1.82) is 0 Å². The van der Waals surface area contributed by atoms with E-state index < -0.39 is 0 Å². The van der Waals surface area contributed by atoms with Gasteiger partial charge in [0.05, 0.1) is 19.9 Å². The normalized spacial score (nSPS) is 14.1. The molecule has 3 amide bonds. The first-order valence-electron chi connectivity index (χ1n) is 10.3. The molecule has 0 unspecified atom stereocenters. The molecule has 1 heterocycles. The molecular weight excluding hydrogens is 401 g/mol. The molecule has 166 valence electrons. The topological polar surface area (TPSA) is 79.9 Å². The maximum Gasteiger partial charge on any atom is 0.321 e. The number of carbonyl (C=O) groups is 2. The highest BCUT2D eigenvalue weighted by Crippen LogP contribution is 2.29. The summed E-state index contributed by atoms with van der Waals surface area (Å²) in [4.78, 5) is 26.6. The lowest BCUT2D eigenvalue weighted by Gasteiger charge is -2.32. The Bertz CT molecular complexity index is 913. The van der Waals surface area contributed by atoms with Crippen LogP contribution < -0.4 is 20.1 Å². The van der Waals surface area contributed by atoms with Crippen molar-refractivity contribution in [3.63, 3.8) is 0 Å². The van der Waals surface area contributed by atoms with Gasteiger partial charge in [-0.1, -0.05) is 18.2 Å². The molecule has 2 N–H and O–H groups in total. The zero-order valence-electron chi connectivity index (χ0n) is 17.8. The molecule has 0 aliphatic carbocycles. The molecule has 0 aromatic heterocycles. The van der Waals surface area contributed by atoms with Crippen LogP contribution in [0.4, 0.5) is 14.9 Å². The van der Waals surface area contributed by atoms with Gasteiger partial charge in [-0.3, -0.25) is 4.79 Å². The lowest BCUT2D eigenvalue weighted by atomic mass is 9.93. The predicted molar refractivity (Wildman–Crippen MR) is 116 cm³/mol. The molecule has 1 aliphatic heterocycles. The molecule has 3 rings (SSSR count). The van der Waals surface area contributed by atoms with E-state index in [9.17, 15) is 14.0 Å². The summed E-state index contributed by atoms with van der Waals surface area (Å²) in [6.45, 7) is 1.29. The van der Waals surface area contributed by atoms with E-state index in [-0.39, 0.29) is 30.2 Å². The summed E-state index contributed by atoms with van der Waals surface area (Å²) in [6.07, 6.45) is 1.83. The Balaban J connectivity index is 1.45. The van der Waals surface area contributed by atoms with Gasteiger partial charge in [0.1, 0.15) is 17.3 Å². The third kappa shape index (κ3) is 6.10. The summed E-state index contributed by atoms with van der Waals surface area (Å²) in [5, 5.41) is 5.65. The lowest BCUT2D eigenvalue weighted by Crippen LogP contribution is -2.42. The Morgan fingerprint density at radius 1 is 1.10 bits per heavy atom. The Labute approximate surface area is 181 Å². The van der Waals surface area contributed by atoms with Crippen LogP contribution in [0.3, 0.4) is 0 Å². The second-order valence-electron chi connectivity index (χ2n) is 7.50. The van der Waals surface area contributed by atoms with E-state index in [2.05, 4.69) is 10.6 Å². The van der Waals surface area contributed by atoms with Gasteiger partial charge in [-0.2, -0.15) is 0 Å².